The smallest absolute Gasteiger partial charge is 0.170 e. The molecule has 0 amide bonds. The van der Waals surface area contributed by atoms with Crippen LogP contribution in [0.5, 0.6) is 0 Å². The van der Waals surface area contributed by atoms with Crippen LogP contribution in [0, 0.1) is 0 Å². The van der Waals surface area contributed by atoms with E-state index in [1.807, 2.05) is 34.7 Å². The topological polar surface area (TPSA) is 44.1 Å². The molecule has 0 aromatic carbocycles. The van der Waals surface area contributed by atoms with Gasteiger partial charge in [-0.05, 0) is 26.2 Å². The highest BCUT2D eigenvalue weighted by atomic mass is 35.5. The number of halogens is 1. The molecule has 0 aliphatic rings. The van der Waals surface area contributed by atoms with Crippen LogP contribution in [0.3, 0.4) is 0 Å². The molecule has 1 aromatic heterocycles. The van der Waals surface area contributed by atoms with E-state index < -0.39 is 5.60 Å². The van der Waals surface area contributed by atoms with E-state index in [1.165, 1.54) is 0 Å². The average molecular weight is 301 g/mol. The average Bonchev–Trinajstić information content (AvgIpc) is 2.72. The van der Waals surface area contributed by atoms with Crippen LogP contribution >= 0.6 is 11.6 Å². The van der Waals surface area contributed by atoms with Crippen molar-refractivity contribution in [2.45, 2.75) is 59.0 Å². The lowest BCUT2D eigenvalue weighted by molar-refractivity contribution is -0.144. The minimum atomic E-state index is -0.700. The Bertz CT molecular complexity index is 465. The Morgan fingerprint density at radius 1 is 1.30 bits per heavy atom. The van der Waals surface area contributed by atoms with Gasteiger partial charge in [0.15, 0.2) is 5.78 Å². The molecule has 0 saturated carbocycles. The van der Waals surface area contributed by atoms with Crippen LogP contribution in [0.1, 0.15) is 51.9 Å². The Morgan fingerprint density at radius 2 is 1.90 bits per heavy atom. The second-order valence-corrected chi connectivity index (χ2v) is 5.30. The molecule has 0 atom stereocenters. The predicted octanol–water partition coefficient (Wildman–Crippen LogP) is 3.34. The summed E-state index contributed by atoms with van der Waals surface area (Å²) in [5.41, 5.74) is 0.917. The molecule has 4 nitrogen and oxygen atoms in total. The van der Waals surface area contributed by atoms with Crippen molar-refractivity contribution in [1.82, 2.24) is 9.78 Å². The van der Waals surface area contributed by atoms with Gasteiger partial charge in [0.2, 0.25) is 0 Å². The van der Waals surface area contributed by atoms with E-state index in [0.717, 1.165) is 17.8 Å². The molecule has 0 N–H and O–H groups in total. The monoisotopic (exact) mass is 300 g/mol. The normalized spacial score (nSPS) is 11.9. The van der Waals surface area contributed by atoms with Crippen LogP contribution in [0.2, 0.25) is 5.02 Å². The number of carbonyl (C=O) groups excluding carboxylic acids is 1. The zero-order valence-corrected chi connectivity index (χ0v) is 13.9. The summed E-state index contributed by atoms with van der Waals surface area (Å²) in [6.07, 6.45) is 2.38. The lowest BCUT2D eigenvalue weighted by atomic mass is 9.89. The summed E-state index contributed by atoms with van der Waals surface area (Å²) >= 11 is 6.31. The quantitative estimate of drug-likeness (QED) is 0.739. The van der Waals surface area contributed by atoms with Gasteiger partial charge in [-0.15, -0.1) is 0 Å². The maximum Gasteiger partial charge on any atom is 0.170 e. The Morgan fingerprint density at radius 3 is 2.30 bits per heavy atom. The van der Waals surface area contributed by atoms with Gasteiger partial charge in [0.1, 0.15) is 5.60 Å². The van der Waals surface area contributed by atoms with Crippen molar-refractivity contribution in [2.75, 3.05) is 6.61 Å². The molecule has 5 heteroatoms. The van der Waals surface area contributed by atoms with Crippen molar-refractivity contribution in [1.29, 1.82) is 0 Å². The molecule has 0 saturated heterocycles. The molecule has 20 heavy (non-hydrogen) atoms. The molecule has 1 heterocycles. The van der Waals surface area contributed by atoms with Crippen molar-refractivity contribution in [3.63, 3.8) is 0 Å². The van der Waals surface area contributed by atoms with E-state index in [0.29, 0.717) is 24.5 Å². The fourth-order valence-electron chi connectivity index (χ4n) is 2.53. The van der Waals surface area contributed by atoms with Crippen molar-refractivity contribution in [3.8, 4) is 0 Å². The zero-order valence-electron chi connectivity index (χ0n) is 13.1. The number of Topliss-reactive ketones (excluding diaryl/α,β-unsaturated/α-hetero) is 1. The standard InChI is InChI=1S/C15H25ClN2O2/c1-6-11-14(16)12(18(5)17-11)10-13(19)15(7-2,8-3)20-9-4/h6-10H2,1-5H3. The molecule has 0 fully saturated rings. The first-order valence-corrected chi connectivity index (χ1v) is 7.70. The van der Waals surface area contributed by atoms with Gasteiger partial charge in [0.05, 0.1) is 22.8 Å². The van der Waals surface area contributed by atoms with Crippen molar-refractivity contribution in [3.05, 3.63) is 16.4 Å². The van der Waals surface area contributed by atoms with E-state index in [1.54, 1.807) is 4.68 Å². The maximum absolute atomic E-state index is 12.7. The molecule has 0 aliphatic heterocycles. The van der Waals surface area contributed by atoms with Crippen LogP contribution in [-0.2, 0) is 29.4 Å². The summed E-state index contributed by atoms with van der Waals surface area (Å²) in [6.45, 7) is 8.42. The molecule has 0 bridgehead atoms. The number of ketones is 1. The van der Waals surface area contributed by atoms with Gasteiger partial charge in [0, 0.05) is 13.7 Å². The van der Waals surface area contributed by atoms with Crippen LogP contribution in [-0.4, -0.2) is 27.8 Å². The second-order valence-electron chi connectivity index (χ2n) is 4.92. The van der Waals surface area contributed by atoms with Gasteiger partial charge in [-0.25, -0.2) is 0 Å². The van der Waals surface area contributed by atoms with Crippen LogP contribution in [0.25, 0.3) is 0 Å². The van der Waals surface area contributed by atoms with Gasteiger partial charge >= 0.3 is 0 Å². The van der Waals surface area contributed by atoms with E-state index in [-0.39, 0.29) is 12.2 Å². The van der Waals surface area contributed by atoms with Crippen molar-refractivity contribution >= 4 is 17.4 Å². The fraction of sp³-hybridized carbons (Fsp3) is 0.733. The summed E-state index contributed by atoms with van der Waals surface area (Å²) in [6, 6.07) is 0. The molecule has 0 radical (unpaired) electrons. The third-order valence-electron chi connectivity index (χ3n) is 3.90. The molecule has 114 valence electrons. The first-order chi connectivity index (χ1) is 9.45. The highest BCUT2D eigenvalue weighted by molar-refractivity contribution is 6.32. The number of ether oxygens (including phenoxy) is 1. The number of aromatic nitrogens is 2. The van der Waals surface area contributed by atoms with Crippen LogP contribution < -0.4 is 0 Å². The molecular formula is C15H25ClN2O2. The van der Waals surface area contributed by atoms with E-state index in [4.69, 9.17) is 16.3 Å². The summed E-state index contributed by atoms with van der Waals surface area (Å²) in [7, 11) is 1.83. The SMILES string of the molecule is CCOC(CC)(CC)C(=O)Cc1c(Cl)c(CC)nn1C. The van der Waals surface area contributed by atoms with Gasteiger partial charge in [-0.2, -0.15) is 5.10 Å². The summed E-state index contributed by atoms with van der Waals surface area (Å²) < 4.78 is 7.46. The lowest BCUT2D eigenvalue weighted by Gasteiger charge is -2.30. The summed E-state index contributed by atoms with van der Waals surface area (Å²) in [5, 5.41) is 4.97. The number of nitrogens with zero attached hydrogens (tertiary/aromatic N) is 2. The first-order valence-electron chi connectivity index (χ1n) is 7.33. The van der Waals surface area contributed by atoms with Crippen molar-refractivity contribution < 1.29 is 9.53 Å². The first kappa shape index (κ1) is 17.2. The molecular weight excluding hydrogens is 276 g/mol. The van der Waals surface area contributed by atoms with Gasteiger partial charge in [0.25, 0.3) is 0 Å². The van der Waals surface area contributed by atoms with Crippen LogP contribution in [0.4, 0.5) is 0 Å². The Kier molecular flexibility index (Phi) is 6.21. The van der Waals surface area contributed by atoms with E-state index in [9.17, 15) is 4.79 Å². The summed E-state index contributed by atoms with van der Waals surface area (Å²) in [4.78, 5) is 12.7. The Balaban J connectivity index is 3.02. The molecule has 1 rings (SSSR count). The fourth-order valence-corrected chi connectivity index (χ4v) is 2.89. The minimum absolute atomic E-state index is 0.0805. The van der Waals surface area contributed by atoms with Gasteiger partial charge in [-0.1, -0.05) is 32.4 Å². The largest absolute Gasteiger partial charge is 0.368 e. The third kappa shape index (κ3) is 3.23. The predicted molar refractivity (Wildman–Crippen MR) is 81.2 cm³/mol. The zero-order chi connectivity index (χ0) is 15.3. The van der Waals surface area contributed by atoms with Gasteiger partial charge in [-0.3, -0.25) is 9.48 Å². The van der Waals surface area contributed by atoms with E-state index >= 15 is 0 Å². The lowest BCUT2D eigenvalue weighted by Crippen LogP contribution is -2.42. The van der Waals surface area contributed by atoms with Crippen molar-refractivity contribution in [2.24, 2.45) is 7.05 Å². The Hall–Kier alpha value is -0.870. The summed E-state index contributed by atoms with van der Waals surface area (Å²) in [5.74, 6) is 0.0805. The Labute approximate surface area is 126 Å². The van der Waals surface area contributed by atoms with E-state index in [2.05, 4.69) is 5.10 Å². The molecule has 0 unspecified atom stereocenters. The molecule has 0 aliphatic carbocycles. The number of carbonyl (C=O) groups is 1. The molecule has 0 spiro atoms. The number of hydrogen-bond acceptors (Lipinski definition) is 3. The molecule has 1 aromatic rings. The number of rotatable bonds is 8. The highest BCUT2D eigenvalue weighted by Gasteiger charge is 2.36. The second kappa shape index (κ2) is 7.23. The maximum atomic E-state index is 12.7. The number of hydrogen-bond donors (Lipinski definition) is 0. The van der Waals surface area contributed by atoms with Crippen LogP contribution in [0.15, 0.2) is 0 Å². The number of aryl methyl sites for hydroxylation is 2. The highest BCUT2D eigenvalue weighted by Crippen LogP contribution is 2.27. The minimum Gasteiger partial charge on any atom is -0.368 e. The van der Waals surface area contributed by atoms with Gasteiger partial charge < -0.3 is 4.74 Å². The third-order valence-corrected chi connectivity index (χ3v) is 4.34.